The molecule has 276 valence electrons. The van der Waals surface area contributed by atoms with Crippen LogP contribution < -0.4 is 48.0 Å². The van der Waals surface area contributed by atoms with Crippen LogP contribution in [0.2, 0.25) is 0 Å². The first-order chi connectivity index (χ1) is 20.5. The fourth-order valence-electron chi connectivity index (χ4n) is 5.36. The van der Waals surface area contributed by atoms with Crippen LogP contribution in [0, 0.1) is 5.41 Å². The molecule has 0 aromatic carbocycles. The first-order valence-corrected chi connectivity index (χ1v) is 18.5. The van der Waals surface area contributed by atoms with E-state index in [1.165, 1.54) is 89.9 Å². The number of hydrogen-bond donors (Lipinski definition) is 0. The van der Waals surface area contributed by atoms with Gasteiger partial charge < -0.3 is 75.9 Å². The van der Waals surface area contributed by atoms with Gasteiger partial charge in [-0.15, -0.1) is 0 Å². The van der Waals surface area contributed by atoms with Crippen LogP contribution in [0.5, 0.6) is 0 Å². The van der Waals surface area contributed by atoms with Crippen LogP contribution in [0.1, 0.15) is 129 Å². The highest BCUT2D eigenvalue weighted by atomic mass is 127. The molecule has 0 spiro atoms. The van der Waals surface area contributed by atoms with Crippen LogP contribution >= 0.6 is 0 Å². The van der Waals surface area contributed by atoms with E-state index in [-0.39, 0.29) is 53.4 Å². The third kappa shape index (κ3) is 37.9. The van der Waals surface area contributed by atoms with Crippen molar-refractivity contribution in [1.29, 1.82) is 0 Å². The van der Waals surface area contributed by atoms with Gasteiger partial charge in [-0.1, -0.05) is 104 Å². The van der Waals surface area contributed by atoms with Gasteiger partial charge in [0, 0.05) is 26.1 Å². The van der Waals surface area contributed by atoms with E-state index in [0.29, 0.717) is 26.4 Å². The van der Waals surface area contributed by atoms with Gasteiger partial charge in [0.15, 0.2) is 0 Å². The summed E-state index contributed by atoms with van der Waals surface area (Å²) in [6.45, 7) is 12.5. The molecule has 0 heterocycles. The molecule has 0 aromatic heterocycles. The molecule has 0 N–H and O–H groups in total. The average Bonchev–Trinajstić information content (AvgIpc) is 2.93. The van der Waals surface area contributed by atoms with Gasteiger partial charge >= 0.3 is 0 Å². The minimum absolute atomic E-state index is 0. The van der Waals surface area contributed by atoms with Crippen LogP contribution in [0.25, 0.3) is 0 Å². The van der Waals surface area contributed by atoms with Crippen molar-refractivity contribution in [2.75, 3.05) is 108 Å². The van der Waals surface area contributed by atoms with E-state index >= 15 is 0 Å². The van der Waals surface area contributed by atoms with Crippen LogP contribution in [0.3, 0.4) is 0 Å². The maximum absolute atomic E-state index is 6.36. The molecular weight excluding hydrogens is 790 g/mol. The minimum Gasteiger partial charge on any atom is -1.00 e. The Morgan fingerprint density at radius 1 is 0.356 bits per heavy atom. The molecule has 0 atom stereocenters. The Morgan fingerprint density at radius 2 is 0.600 bits per heavy atom. The topological polar surface area (TPSA) is 36.9 Å². The monoisotopic (exact) mass is 870 g/mol. The second-order valence-electron chi connectivity index (χ2n) is 15.4. The van der Waals surface area contributed by atoms with E-state index in [1.54, 1.807) is 0 Å². The van der Waals surface area contributed by atoms with Crippen LogP contribution in [-0.4, -0.2) is 117 Å². The van der Waals surface area contributed by atoms with Crippen molar-refractivity contribution in [3.63, 3.8) is 0 Å². The number of quaternary nitrogens is 2. The molecule has 0 aliphatic carbocycles. The van der Waals surface area contributed by atoms with Crippen molar-refractivity contribution in [2.24, 2.45) is 5.41 Å². The van der Waals surface area contributed by atoms with Gasteiger partial charge in [-0.05, 0) is 12.8 Å². The fraction of sp³-hybridized carbons (Fsp3) is 1.00. The Morgan fingerprint density at radius 3 is 0.867 bits per heavy atom. The summed E-state index contributed by atoms with van der Waals surface area (Å²) in [4.78, 5) is 0. The van der Waals surface area contributed by atoms with Crippen LogP contribution in [0.15, 0.2) is 0 Å². The SMILES string of the molecule is CCCCCCCCCCOCC(COCCCCCCCCCC)(COCCC[N+](C)(C)C)COCCC[N+](C)(C)C.[I-].[I-]. The summed E-state index contributed by atoms with van der Waals surface area (Å²) in [5.41, 5.74) is -0.256. The molecular formula is C37H80I2N2O4. The molecule has 6 nitrogen and oxygen atoms in total. The fourth-order valence-corrected chi connectivity index (χ4v) is 5.36. The molecule has 0 amide bonds. The van der Waals surface area contributed by atoms with Gasteiger partial charge in [0.25, 0.3) is 0 Å². The highest BCUT2D eigenvalue weighted by Crippen LogP contribution is 2.22. The highest BCUT2D eigenvalue weighted by Gasteiger charge is 2.32. The maximum atomic E-state index is 6.36. The molecule has 8 heteroatoms. The Balaban J connectivity index is -0.00000882. The van der Waals surface area contributed by atoms with Crippen molar-refractivity contribution in [3.05, 3.63) is 0 Å². The molecule has 0 radical (unpaired) electrons. The molecule has 0 fully saturated rings. The Bertz CT molecular complexity index is 536. The summed E-state index contributed by atoms with van der Waals surface area (Å²) in [6, 6.07) is 0. The molecule has 0 saturated carbocycles. The lowest BCUT2D eigenvalue weighted by molar-refractivity contribution is -0.870. The van der Waals surface area contributed by atoms with Crippen molar-refractivity contribution in [3.8, 4) is 0 Å². The predicted molar refractivity (Wildman–Crippen MR) is 186 cm³/mol. The quantitative estimate of drug-likeness (QED) is 0.0567. The van der Waals surface area contributed by atoms with Gasteiger partial charge in [-0.2, -0.15) is 0 Å². The number of halogens is 2. The zero-order chi connectivity index (χ0) is 32.1. The number of hydrogen-bond acceptors (Lipinski definition) is 4. The molecule has 0 rings (SSSR count). The molecule has 0 aliphatic heterocycles. The van der Waals surface area contributed by atoms with Crippen molar-refractivity contribution in [2.45, 2.75) is 129 Å². The third-order valence-corrected chi connectivity index (χ3v) is 8.15. The summed E-state index contributed by atoms with van der Waals surface area (Å²) in [5.74, 6) is 0. The number of rotatable bonds is 34. The second-order valence-corrected chi connectivity index (χ2v) is 15.4. The number of unbranched alkanes of at least 4 members (excludes halogenated alkanes) is 14. The van der Waals surface area contributed by atoms with Gasteiger partial charge in [0.1, 0.15) is 0 Å². The molecule has 0 aromatic rings. The lowest BCUT2D eigenvalue weighted by Gasteiger charge is -2.33. The van der Waals surface area contributed by atoms with E-state index in [1.807, 2.05) is 0 Å². The Kier molecular flexibility index (Phi) is 37.9. The van der Waals surface area contributed by atoms with Crippen LogP contribution in [0.4, 0.5) is 0 Å². The summed E-state index contributed by atoms with van der Waals surface area (Å²) in [5, 5.41) is 0. The van der Waals surface area contributed by atoms with Crippen LogP contribution in [-0.2, 0) is 18.9 Å². The smallest absolute Gasteiger partial charge is 0.0802 e. The lowest BCUT2D eigenvalue weighted by atomic mass is 9.92. The zero-order valence-corrected chi connectivity index (χ0v) is 35.9. The standard InChI is InChI=1S/C37H80N2O4.2HI/c1-9-11-13-15-17-19-21-23-29-40-33-37(35-42-31-25-27-38(3,4)5,36-43-32-26-28-39(6,7)8)34-41-30-24-22-20-18-16-14-12-10-2;;/h9-36H2,1-8H3;2*1H/q+2;;/p-2. The first kappa shape index (κ1) is 50.6. The van der Waals surface area contributed by atoms with E-state index in [9.17, 15) is 0 Å². The minimum atomic E-state index is -0.256. The largest absolute Gasteiger partial charge is 1.00 e. The van der Waals surface area contributed by atoms with E-state index < -0.39 is 0 Å². The average molecular weight is 871 g/mol. The molecule has 45 heavy (non-hydrogen) atoms. The first-order valence-electron chi connectivity index (χ1n) is 18.5. The van der Waals surface area contributed by atoms with E-state index in [2.05, 4.69) is 56.1 Å². The molecule has 0 bridgehead atoms. The summed E-state index contributed by atoms with van der Waals surface area (Å²) in [7, 11) is 13.5. The van der Waals surface area contributed by atoms with Gasteiger partial charge in [0.2, 0.25) is 0 Å². The number of ether oxygens (including phenoxy) is 4. The van der Waals surface area contributed by atoms with E-state index in [4.69, 9.17) is 18.9 Å². The van der Waals surface area contributed by atoms with Crippen molar-refractivity contribution in [1.82, 2.24) is 0 Å². The molecule has 0 saturated heterocycles. The number of nitrogens with zero attached hydrogens (tertiary/aromatic N) is 2. The highest BCUT2D eigenvalue weighted by molar-refractivity contribution is 4.79. The van der Waals surface area contributed by atoms with Gasteiger partial charge in [0.05, 0.1) is 100 Å². The summed E-state index contributed by atoms with van der Waals surface area (Å²) in [6.07, 6.45) is 23.2. The van der Waals surface area contributed by atoms with Crippen molar-refractivity contribution < 1.29 is 75.9 Å². The second kappa shape index (κ2) is 33.7. The predicted octanol–water partition coefficient (Wildman–Crippen LogP) is 2.52. The van der Waals surface area contributed by atoms with E-state index in [0.717, 1.165) is 74.2 Å². The Hall–Kier alpha value is 1.22. The molecule has 0 unspecified atom stereocenters. The molecule has 0 aliphatic rings. The van der Waals surface area contributed by atoms with Gasteiger partial charge in [-0.3, -0.25) is 0 Å². The maximum Gasteiger partial charge on any atom is 0.0802 e. The summed E-state index contributed by atoms with van der Waals surface area (Å²) < 4.78 is 27.3. The Labute approximate surface area is 317 Å². The van der Waals surface area contributed by atoms with Gasteiger partial charge in [-0.25, -0.2) is 0 Å². The summed E-state index contributed by atoms with van der Waals surface area (Å²) >= 11 is 0. The normalized spacial score (nSPS) is 12.3. The lowest BCUT2D eigenvalue weighted by Crippen LogP contribution is -3.00. The van der Waals surface area contributed by atoms with Crippen molar-refractivity contribution >= 4 is 0 Å². The zero-order valence-electron chi connectivity index (χ0n) is 31.6. The third-order valence-electron chi connectivity index (χ3n) is 8.15.